The lowest BCUT2D eigenvalue weighted by Gasteiger charge is -2.24. The first-order valence-electron chi connectivity index (χ1n) is 13.8. The highest BCUT2D eigenvalue weighted by atomic mass is 16.3. The summed E-state index contributed by atoms with van der Waals surface area (Å²) in [6, 6.07) is 20.4. The first kappa shape index (κ1) is 31.5. The third kappa shape index (κ3) is 9.56. The number of benzene rings is 3. The molecule has 3 aromatic carbocycles. The SMILES string of the molecule is Cc1cc(O)cc(C)c1C[C@H](N)[C@@H](O)C/C=C/[C@@H](O)[C@@H](Cc1ccccc1)C(=O)N[C@@H](Cc1ccccc1)C(N)=O. The third-order valence-electron chi connectivity index (χ3n) is 7.32. The number of phenols is 1. The van der Waals surface area contributed by atoms with E-state index in [0.717, 1.165) is 27.8 Å². The number of aromatic hydroxyl groups is 1. The maximum Gasteiger partial charge on any atom is 0.240 e. The summed E-state index contributed by atoms with van der Waals surface area (Å²) in [6.45, 7) is 3.77. The fourth-order valence-electron chi connectivity index (χ4n) is 4.92. The molecule has 8 heteroatoms. The number of aliphatic hydroxyl groups is 2. The quantitative estimate of drug-likeness (QED) is 0.167. The Labute approximate surface area is 241 Å². The fraction of sp³-hybridized carbons (Fsp3) is 0.333. The van der Waals surface area contributed by atoms with E-state index in [1.165, 1.54) is 6.08 Å². The maximum atomic E-state index is 13.4. The number of amides is 2. The van der Waals surface area contributed by atoms with E-state index in [-0.39, 0.29) is 25.0 Å². The molecule has 0 aliphatic heterocycles. The molecule has 8 nitrogen and oxygen atoms in total. The number of carbonyl (C=O) groups excluding carboxylic acids is 2. The van der Waals surface area contributed by atoms with Crippen LogP contribution < -0.4 is 16.8 Å². The highest BCUT2D eigenvalue weighted by molar-refractivity contribution is 5.88. The van der Waals surface area contributed by atoms with Crippen molar-refractivity contribution in [2.24, 2.45) is 17.4 Å². The molecule has 3 rings (SSSR count). The number of hydrogen-bond donors (Lipinski definition) is 6. The zero-order valence-corrected chi connectivity index (χ0v) is 23.6. The van der Waals surface area contributed by atoms with Gasteiger partial charge in [0.2, 0.25) is 11.8 Å². The van der Waals surface area contributed by atoms with Gasteiger partial charge in [0.15, 0.2) is 0 Å². The minimum atomic E-state index is -1.19. The molecule has 0 aliphatic carbocycles. The minimum Gasteiger partial charge on any atom is -0.508 e. The Hall–Kier alpha value is -3.98. The summed E-state index contributed by atoms with van der Waals surface area (Å²) < 4.78 is 0. The molecule has 0 saturated heterocycles. The van der Waals surface area contributed by atoms with Crippen molar-refractivity contribution < 1.29 is 24.9 Å². The highest BCUT2D eigenvalue weighted by Gasteiger charge is 2.29. The van der Waals surface area contributed by atoms with E-state index in [4.69, 9.17) is 11.5 Å². The van der Waals surface area contributed by atoms with E-state index in [0.29, 0.717) is 6.42 Å². The molecule has 0 spiro atoms. The molecule has 3 aromatic rings. The molecular formula is C33H41N3O5. The number of aryl methyl sites for hydroxylation is 2. The van der Waals surface area contributed by atoms with Gasteiger partial charge in [-0.3, -0.25) is 9.59 Å². The standard InChI is InChI=1S/C33H41N3O5/c1-21-16-25(37)17-22(2)26(21)20-28(34)31(39)15-9-14-30(38)27(18-23-10-5-3-6-11-23)33(41)36-29(32(35)40)19-24-12-7-4-8-13-24/h3-14,16-17,27-31,37-39H,15,18-20,34H2,1-2H3,(H2,35,40)(H,36,41)/b14-9+/t27-,28+,29+,30-,31+/m1/s1. The van der Waals surface area contributed by atoms with Crippen molar-refractivity contribution in [3.63, 3.8) is 0 Å². The second-order valence-corrected chi connectivity index (χ2v) is 10.6. The first-order valence-corrected chi connectivity index (χ1v) is 13.8. The van der Waals surface area contributed by atoms with E-state index in [1.54, 1.807) is 18.2 Å². The predicted octanol–water partition coefficient (Wildman–Crippen LogP) is 2.62. The van der Waals surface area contributed by atoms with Gasteiger partial charge >= 0.3 is 0 Å². The molecule has 0 unspecified atom stereocenters. The number of nitrogens with two attached hydrogens (primary N) is 2. The Morgan fingerprint density at radius 2 is 1.41 bits per heavy atom. The zero-order valence-electron chi connectivity index (χ0n) is 23.6. The fourth-order valence-corrected chi connectivity index (χ4v) is 4.92. The number of phenolic OH excluding ortho intramolecular Hbond substituents is 1. The molecule has 0 fully saturated rings. The average molecular weight is 560 g/mol. The van der Waals surface area contributed by atoms with Crippen molar-refractivity contribution >= 4 is 11.8 Å². The van der Waals surface area contributed by atoms with Crippen LogP contribution in [-0.4, -0.2) is 51.4 Å². The van der Waals surface area contributed by atoms with Crippen molar-refractivity contribution in [3.05, 3.63) is 113 Å². The molecule has 218 valence electrons. The molecule has 5 atom stereocenters. The molecule has 0 aromatic heterocycles. The van der Waals surface area contributed by atoms with Gasteiger partial charge in [-0.25, -0.2) is 0 Å². The van der Waals surface area contributed by atoms with Crippen molar-refractivity contribution in [2.75, 3.05) is 0 Å². The topological polar surface area (TPSA) is 159 Å². The molecule has 2 amide bonds. The number of hydrogen-bond acceptors (Lipinski definition) is 6. The van der Waals surface area contributed by atoms with Crippen LogP contribution >= 0.6 is 0 Å². The Kier molecular flexibility index (Phi) is 11.6. The molecule has 0 aliphatic rings. The zero-order chi connectivity index (χ0) is 29.9. The molecule has 0 bridgehead atoms. The Balaban J connectivity index is 1.69. The maximum absolute atomic E-state index is 13.4. The molecule has 8 N–H and O–H groups in total. The lowest BCUT2D eigenvalue weighted by molar-refractivity contribution is -0.131. The van der Waals surface area contributed by atoms with E-state index in [2.05, 4.69) is 5.32 Å². The number of carbonyl (C=O) groups is 2. The Morgan fingerprint density at radius 3 is 1.95 bits per heavy atom. The summed E-state index contributed by atoms with van der Waals surface area (Å²) in [5.41, 5.74) is 16.3. The summed E-state index contributed by atoms with van der Waals surface area (Å²) in [4.78, 5) is 25.6. The highest BCUT2D eigenvalue weighted by Crippen LogP contribution is 2.23. The van der Waals surface area contributed by atoms with Gasteiger partial charge in [-0.2, -0.15) is 0 Å². The van der Waals surface area contributed by atoms with Gasteiger partial charge in [0, 0.05) is 12.5 Å². The average Bonchev–Trinajstić information content (AvgIpc) is 2.94. The van der Waals surface area contributed by atoms with E-state index < -0.39 is 42.0 Å². The molecule has 0 saturated carbocycles. The normalized spacial score (nSPS) is 15.1. The lowest BCUT2D eigenvalue weighted by atomic mass is 9.91. The van der Waals surface area contributed by atoms with Crippen molar-refractivity contribution in [2.45, 2.75) is 63.8 Å². The van der Waals surface area contributed by atoms with Crippen molar-refractivity contribution in [3.8, 4) is 5.75 Å². The lowest BCUT2D eigenvalue weighted by Crippen LogP contribution is -2.50. The van der Waals surface area contributed by atoms with Crippen LogP contribution in [0.15, 0.2) is 84.9 Å². The molecule has 0 heterocycles. The first-order chi connectivity index (χ1) is 19.5. The van der Waals surface area contributed by atoms with Gasteiger partial charge in [-0.1, -0.05) is 72.8 Å². The Bertz CT molecular complexity index is 1290. The van der Waals surface area contributed by atoms with Crippen LogP contribution in [0.3, 0.4) is 0 Å². The van der Waals surface area contributed by atoms with Gasteiger partial charge in [-0.05, 0) is 73.1 Å². The Morgan fingerprint density at radius 1 is 0.878 bits per heavy atom. The summed E-state index contributed by atoms with van der Waals surface area (Å²) in [5, 5.41) is 34.3. The van der Waals surface area contributed by atoms with Gasteiger partial charge in [-0.15, -0.1) is 0 Å². The van der Waals surface area contributed by atoms with Gasteiger partial charge in [0.25, 0.3) is 0 Å². The van der Waals surface area contributed by atoms with Crippen LogP contribution in [0.1, 0.15) is 34.2 Å². The summed E-state index contributed by atoms with van der Waals surface area (Å²) in [6.07, 6.45) is 2.08. The smallest absolute Gasteiger partial charge is 0.240 e. The van der Waals surface area contributed by atoms with Crippen LogP contribution in [0, 0.1) is 19.8 Å². The number of rotatable bonds is 14. The minimum absolute atomic E-state index is 0.173. The third-order valence-corrected chi connectivity index (χ3v) is 7.32. The van der Waals surface area contributed by atoms with Crippen LogP contribution in [0.25, 0.3) is 0 Å². The van der Waals surface area contributed by atoms with Gasteiger partial charge in [0.05, 0.1) is 18.1 Å². The van der Waals surface area contributed by atoms with E-state index in [1.807, 2.05) is 74.5 Å². The van der Waals surface area contributed by atoms with Crippen LogP contribution in [0.4, 0.5) is 0 Å². The summed E-state index contributed by atoms with van der Waals surface area (Å²) >= 11 is 0. The second-order valence-electron chi connectivity index (χ2n) is 10.6. The monoisotopic (exact) mass is 559 g/mol. The largest absolute Gasteiger partial charge is 0.508 e. The molecule has 41 heavy (non-hydrogen) atoms. The molecule has 0 radical (unpaired) electrons. The number of primary amides is 1. The number of nitrogens with one attached hydrogen (secondary N) is 1. The second kappa shape index (κ2) is 15.1. The summed E-state index contributed by atoms with van der Waals surface area (Å²) in [5.74, 6) is -1.88. The van der Waals surface area contributed by atoms with Crippen LogP contribution in [0.5, 0.6) is 5.75 Å². The van der Waals surface area contributed by atoms with Gasteiger partial charge in [0.1, 0.15) is 11.8 Å². The van der Waals surface area contributed by atoms with Crippen LogP contribution in [-0.2, 0) is 28.9 Å². The van der Waals surface area contributed by atoms with Crippen molar-refractivity contribution in [1.29, 1.82) is 0 Å². The van der Waals surface area contributed by atoms with E-state index >= 15 is 0 Å². The van der Waals surface area contributed by atoms with Gasteiger partial charge < -0.3 is 32.1 Å². The molecular weight excluding hydrogens is 518 g/mol. The van der Waals surface area contributed by atoms with Crippen molar-refractivity contribution in [1.82, 2.24) is 5.32 Å². The van der Waals surface area contributed by atoms with E-state index in [9.17, 15) is 24.9 Å². The summed E-state index contributed by atoms with van der Waals surface area (Å²) in [7, 11) is 0. The number of aliphatic hydroxyl groups excluding tert-OH is 2. The van der Waals surface area contributed by atoms with Crippen LogP contribution in [0.2, 0.25) is 0 Å². The predicted molar refractivity (Wildman–Crippen MR) is 160 cm³/mol.